The Morgan fingerprint density at radius 3 is 2.70 bits per heavy atom. The number of hydrogen-bond acceptors (Lipinski definition) is 2. The van der Waals surface area contributed by atoms with Crippen LogP contribution in [0.3, 0.4) is 0 Å². The number of halogens is 2. The molecule has 1 N–H and O–H groups in total. The lowest BCUT2D eigenvalue weighted by Gasteiger charge is -2.22. The van der Waals surface area contributed by atoms with Gasteiger partial charge in [-0.15, -0.1) is 0 Å². The third-order valence-electron chi connectivity index (χ3n) is 4.06. The summed E-state index contributed by atoms with van der Waals surface area (Å²) < 4.78 is 14.6. The van der Waals surface area contributed by atoms with Gasteiger partial charge in [0, 0.05) is 18.2 Å². The van der Waals surface area contributed by atoms with Crippen molar-refractivity contribution in [2.75, 3.05) is 0 Å². The number of carbonyl (C=O) groups is 1. The van der Waals surface area contributed by atoms with Crippen LogP contribution in [-0.2, 0) is 6.54 Å². The minimum atomic E-state index is -0.282. The number of benzene rings is 1. The van der Waals surface area contributed by atoms with Gasteiger partial charge in [-0.1, -0.05) is 32.0 Å². The highest BCUT2D eigenvalue weighted by Gasteiger charge is 2.35. The highest BCUT2D eigenvalue weighted by molar-refractivity contribution is 9.10. The van der Waals surface area contributed by atoms with E-state index >= 15 is 0 Å². The predicted octanol–water partition coefficient (Wildman–Crippen LogP) is 4.24. The minimum Gasteiger partial charge on any atom is -0.330 e. The van der Waals surface area contributed by atoms with Crippen LogP contribution in [0.15, 0.2) is 28.7 Å². The summed E-state index contributed by atoms with van der Waals surface area (Å²) in [4.78, 5) is 14.6. The van der Waals surface area contributed by atoms with E-state index in [2.05, 4.69) is 26.1 Å². The molecule has 0 unspecified atom stereocenters. The van der Waals surface area contributed by atoms with Gasteiger partial charge in [0.25, 0.3) is 5.91 Å². The molecule has 6 heteroatoms. The molecule has 0 saturated heterocycles. The second-order valence-corrected chi connectivity index (χ2v) is 7.00. The van der Waals surface area contributed by atoms with E-state index in [0.29, 0.717) is 15.7 Å². The van der Waals surface area contributed by atoms with Crippen molar-refractivity contribution < 1.29 is 9.18 Å². The van der Waals surface area contributed by atoms with E-state index in [4.69, 9.17) is 0 Å². The van der Waals surface area contributed by atoms with Crippen LogP contribution in [0, 0.1) is 5.82 Å². The van der Waals surface area contributed by atoms with Crippen molar-refractivity contribution in [1.29, 1.82) is 0 Å². The molecule has 1 saturated carbocycles. The molecule has 4 nitrogen and oxygen atoms in total. The van der Waals surface area contributed by atoms with Crippen molar-refractivity contribution in [2.24, 2.45) is 0 Å². The third kappa shape index (κ3) is 3.32. The van der Waals surface area contributed by atoms with Crippen molar-refractivity contribution in [1.82, 2.24) is 15.1 Å². The summed E-state index contributed by atoms with van der Waals surface area (Å²) in [5, 5.41) is 7.10. The summed E-state index contributed by atoms with van der Waals surface area (Å²) in [6.45, 7) is 4.33. The molecule has 1 aromatic carbocycles. The van der Waals surface area contributed by atoms with Crippen LogP contribution >= 0.6 is 15.9 Å². The normalized spacial score (nSPS) is 14.3. The molecule has 1 aromatic heterocycles. The summed E-state index contributed by atoms with van der Waals surface area (Å²) in [6, 6.07) is 6.76. The zero-order valence-corrected chi connectivity index (χ0v) is 14.7. The first kappa shape index (κ1) is 16.2. The maximum Gasteiger partial charge on any atom is 0.276 e. The molecule has 0 radical (unpaired) electrons. The number of nitrogens with zero attached hydrogens (tertiary/aromatic N) is 2. The van der Waals surface area contributed by atoms with Gasteiger partial charge in [-0.25, -0.2) is 4.39 Å². The van der Waals surface area contributed by atoms with Gasteiger partial charge in [-0.2, -0.15) is 5.10 Å². The number of aromatic nitrogens is 2. The van der Waals surface area contributed by atoms with Gasteiger partial charge in [0.1, 0.15) is 5.82 Å². The molecule has 1 aliphatic rings. The third-order valence-corrected chi connectivity index (χ3v) is 4.86. The van der Waals surface area contributed by atoms with Crippen LogP contribution in [0.5, 0.6) is 0 Å². The second kappa shape index (κ2) is 6.43. The Balaban J connectivity index is 1.87. The van der Waals surface area contributed by atoms with Gasteiger partial charge >= 0.3 is 0 Å². The highest BCUT2D eigenvalue weighted by Crippen LogP contribution is 2.33. The fraction of sp³-hybridized carbons (Fsp3) is 0.412. The molecule has 1 amide bonds. The predicted molar refractivity (Wildman–Crippen MR) is 89.7 cm³/mol. The zero-order valence-electron chi connectivity index (χ0n) is 13.1. The molecule has 0 bridgehead atoms. The maximum absolute atomic E-state index is 13.9. The van der Waals surface area contributed by atoms with Crippen LogP contribution in [0.4, 0.5) is 4.39 Å². The standard InChI is InChI=1S/C17H19BrFN3O/c1-10(2)15-14(18)16(21-20-15)17(23)22(12-7-8-12)9-11-5-3-4-6-13(11)19/h3-6,10,12H,7-9H2,1-2H3,(H,20,21). The van der Waals surface area contributed by atoms with Gasteiger partial charge in [-0.3, -0.25) is 9.89 Å². The fourth-order valence-electron chi connectivity index (χ4n) is 2.57. The van der Waals surface area contributed by atoms with Crippen LogP contribution < -0.4 is 0 Å². The molecule has 2 aromatic rings. The molecule has 1 heterocycles. The van der Waals surface area contributed by atoms with E-state index in [9.17, 15) is 9.18 Å². The summed E-state index contributed by atoms with van der Waals surface area (Å²) in [5.74, 6) is -0.208. The van der Waals surface area contributed by atoms with Crippen molar-refractivity contribution in [3.8, 4) is 0 Å². The number of nitrogens with one attached hydrogen (secondary N) is 1. The molecule has 122 valence electrons. The van der Waals surface area contributed by atoms with Gasteiger partial charge in [0.05, 0.1) is 10.2 Å². The Kier molecular flexibility index (Phi) is 4.53. The van der Waals surface area contributed by atoms with E-state index in [-0.39, 0.29) is 30.2 Å². The molecular weight excluding hydrogens is 361 g/mol. The lowest BCUT2D eigenvalue weighted by molar-refractivity contribution is 0.0721. The molecule has 1 fully saturated rings. The summed E-state index contributed by atoms with van der Waals surface area (Å²) in [7, 11) is 0. The number of carbonyl (C=O) groups excluding carboxylic acids is 1. The second-order valence-electron chi connectivity index (χ2n) is 6.21. The Hall–Kier alpha value is -1.69. The molecule has 3 rings (SSSR count). The van der Waals surface area contributed by atoms with Crippen LogP contribution in [0.25, 0.3) is 0 Å². The van der Waals surface area contributed by atoms with E-state index < -0.39 is 0 Å². The molecule has 23 heavy (non-hydrogen) atoms. The molecule has 0 aliphatic heterocycles. The monoisotopic (exact) mass is 379 g/mol. The summed E-state index contributed by atoms with van der Waals surface area (Å²) >= 11 is 3.47. The van der Waals surface area contributed by atoms with Crippen LogP contribution in [0.1, 0.15) is 54.4 Å². The molecule has 0 atom stereocenters. The van der Waals surface area contributed by atoms with E-state index in [1.54, 1.807) is 23.1 Å². The smallest absolute Gasteiger partial charge is 0.276 e. The van der Waals surface area contributed by atoms with Crippen molar-refractivity contribution in [2.45, 2.75) is 45.2 Å². The number of rotatable bonds is 5. The lowest BCUT2D eigenvalue weighted by atomic mass is 10.1. The molecular formula is C17H19BrFN3O. The Morgan fingerprint density at radius 2 is 2.13 bits per heavy atom. The maximum atomic E-state index is 13.9. The SMILES string of the molecule is CC(C)c1[nH]nc(C(=O)N(Cc2ccccc2F)C2CC2)c1Br. The zero-order chi connectivity index (χ0) is 16.6. The number of amides is 1. The first-order valence-electron chi connectivity index (χ1n) is 7.77. The largest absolute Gasteiger partial charge is 0.330 e. The van der Waals surface area contributed by atoms with Crippen LogP contribution in [-0.4, -0.2) is 27.0 Å². The summed E-state index contributed by atoms with van der Waals surface area (Å²) in [6.07, 6.45) is 1.92. The van der Waals surface area contributed by atoms with E-state index in [1.165, 1.54) is 6.07 Å². The fourth-order valence-corrected chi connectivity index (χ4v) is 3.37. The minimum absolute atomic E-state index is 0.161. The Labute approximate surface area is 143 Å². The topological polar surface area (TPSA) is 49.0 Å². The van der Waals surface area contributed by atoms with Crippen LogP contribution in [0.2, 0.25) is 0 Å². The number of hydrogen-bond donors (Lipinski definition) is 1. The number of aromatic amines is 1. The van der Waals surface area contributed by atoms with Gasteiger partial charge in [0.15, 0.2) is 5.69 Å². The average Bonchev–Trinajstić information content (AvgIpc) is 3.27. The Bertz CT molecular complexity index is 724. The quantitative estimate of drug-likeness (QED) is 0.844. The van der Waals surface area contributed by atoms with Crippen molar-refractivity contribution in [3.63, 3.8) is 0 Å². The van der Waals surface area contributed by atoms with Gasteiger partial charge in [-0.05, 0) is 40.8 Å². The molecule has 0 spiro atoms. The summed E-state index contributed by atoms with van der Waals surface area (Å²) in [5.41, 5.74) is 1.80. The van der Waals surface area contributed by atoms with E-state index in [1.807, 2.05) is 13.8 Å². The van der Waals surface area contributed by atoms with Gasteiger partial charge < -0.3 is 4.90 Å². The first-order chi connectivity index (χ1) is 11.0. The number of H-pyrrole nitrogens is 1. The highest BCUT2D eigenvalue weighted by atomic mass is 79.9. The van der Waals surface area contributed by atoms with E-state index in [0.717, 1.165) is 18.5 Å². The Morgan fingerprint density at radius 1 is 1.43 bits per heavy atom. The van der Waals surface area contributed by atoms with Crippen molar-refractivity contribution in [3.05, 3.63) is 51.5 Å². The van der Waals surface area contributed by atoms with Crippen molar-refractivity contribution >= 4 is 21.8 Å². The van der Waals surface area contributed by atoms with Gasteiger partial charge in [0.2, 0.25) is 0 Å². The molecule has 1 aliphatic carbocycles. The first-order valence-corrected chi connectivity index (χ1v) is 8.56. The lowest BCUT2D eigenvalue weighted by Crippen LogP contribution is -2.33. The average molecular weight is 380 g/mol.